The molecule has 20 heteroatoms. The minimum absolute atomic E-state index is 0.0267. The Morgan fingerprint density at radius 2 is 1.18 bits per heavy atom. The molecule has 5 aliphatic rings. The van der Waals surface area contributed by atoms with Gasteiger partial charge in [0, 0.05) is 29.7 Å². The lowest BCUT2D eigenvalue weighted by Gasteiger charge is -2.31. The van der Waals surface area contributed by atoms with Crippen LogP contribution in [-0.4, -0.2) is 76.6 Å². The third kappa shape index (κ3) is 7.26. The summed E-state index contributed by atoms with van der Waals surface area (Å²) in [6.07, 6.45) is 1.08. The van der Waals surface area contributed by atoms with Crippen molar-refractivity contribution in [2.45, 2.75) is 116 Å². The Morgan fingerprint density at radius 3 is 1.66 bits per heavy atom. The first kappa shape index (κ1) is 45.0. The van der Waals surface area contributed by atoms with Crippen molar-refractivity contribution in [2.75, 3.05) is 6.61 Å². The lowest BCUT2D eigenvalue weighted by molar-refractivity contribution is -0.172. The van der Waals surface area contributed by atoms with Crippen LogP contribution in [0, 0.1) is 0 Å². The van der Waals surface area contributed by atoms with E-state index in [1.165, 1.54) is 34.3 Å². The van der Waals surface area contributed by atoms with E-state index in [1.807, 2.05) is 6.92 Å². The summed E-state index contributed by atoms with van der Waals surface area (Å²) in [5, 5.41) is 41.5. The Morgan fingerprint density at radius 1 is 0.710 bits per heavy atom. The number of hydrogen-bond donors (Lipinski definition) is 5. The van der Waals surface area contributed by atoms with Gasteiger partial charge >= 0.3 is 23.9 Å². The summed E-state index contributed by atoms with van der Waals surface area (Å²) in [6, 6.07) is 4.15. The maximum absolute atomic E-state index is 12.5. The molecule has 0 saturated heterocycles. The molecule has 0 aliphatic carbocycles. The van der Waals surface area contributed by atoms with Gasteiger partial charge in [0.15, 0.2) is 28.4 Å². The van der Waals surface area contributed by atoms with Gasteiger partial charge in [-0.05, 0) is 50.8 Å². The van der Waals surface area contributed by atoms with E-state index in [9.17, 15) is 63.6 Å². The predicted molar refractivity (Wildman–Crippen MR) is 210 cm³/mol. The van der Waals surface area contributed by atoms with Crippen molar-refractivity contribution in [1.29, 1.82) is 0 Å². The van der Waals surface area contributed by atoms with Gasteiger partial charge in [0.2, 0.25) is 0 Å². The Labute approximate surface area is 351 Å². The van der Waals surface area contributed by atoms with Gasteiger partial charge in [-0.3, -0.25) is 24.0 Å². The van der Waals surface area contributed by atoms with Crippen LogP contribution in [0.1, 0.15) is 127 Å². The monoisotopic (exact) mass is 863 g/mol. The molecule has 20 nitrogen and oxygen atoms in total. The lowest BCUT2D eigenvalue weighted by atomic mass is 9.86. The number of esters is 4. The van der Waals surface area contributed by atoms with Crippen molar-refractivity contribution in [1.82, 2.24) is 14.1 Å². The number of nitrogens with one attached hydrogen (secondary N) is 1. The molecule has 0 saturated carbocycles. The van der Waals surface area contributed by atoms with Crippen molar-refractivity contribution in [2.24, 2.45) is 0 Å². The number of nitrogens with zero attached hydrogens (tertiary/aromatic N) is 2. The van der Waals surface area contributed by atoms with Crippen LogP contribution in [0.25, 0.3) is 5.76 Å². The maximum atomic E-state index is 12.5. The van der Waals surface area contributed by atoms with E-state index < -0.39 is 51.8 Å². The molecular formula is C42H45N3O17. The van der Waals surface area contributed by atoms with E-state index >= 15 is 0 Å². The standard InChI is InChI=1S/C15H15NO6.C14H17NO6.C13H13NO5/c1-3-15(21)10-4-11-12(18)8(7(2)17)5-16(11)13(19)9(10)6-22-14(15)20;1-3-5-20-12(17)10-6-9-8(11(16)15-10)7-21-13(18)14(9,19)4-2;1-2-13(18)8-5-9-10(15)3-4-14(9)11(16)7(8)6-19-12(13)17/h4,18,21H,3,5-6H2,1-2H3;6,19H,3-5,7H2,1-2H3,(H,15,16);5,18H,2-4,6H2,1H3/t15-;14-;13-/m000/s1. The van der Waals surface area contributed by atoms with Crippen molar-refractivity contribution in [3.8, 4) is 0 Å². The molecule has 0 bridgehead atoms. The molecule has 0 amide bonds. The highest BCUT2D eigenvalue weighted by Crippen LogP contribution is 2.37. The number of hydrogen-bond acceptors (Lipinski definition) is 17. The Balaban J connectivity index is 0.000000156. The molecule has 5 aliphatic heterocycles. The molecule has 8 heterocycles. The van der Waals surface area contributed by atoms with Gasteiger partial charge in [-0.2, -0.15) is 0 Å². The van der Waals surface area contributed by atoms with Crippen LogP contribution in [0.2, 0.25) is 0 Å². The fourth-order valence-electron chi connectivity index (χ4n) is 7.80. The molecule has 8 rings (SSSR count). The number of Topliss-reactive ketones (excluding diaryl/α,β-unsaturated/α-hetero) is 2. The number of rotatable bonds is 7. The molecule has 0 unspecified atom stereocenters. The number of aliphatic hydroxyl groups is 4. The van der Waals surface area contributed by atoms with E-state index in [2.05, 4.69) is 4.98 Å². The molecule has 3 atom stereocenters. The number of cyclic esters (lactones) is 3. The third-order valence-corrected chi connectivity index (χ3v) is 11.6. The summed E-state index contributed by atoms with van der Waals surface area (Å²) in [6.45, 7) is 7.89. The van der Waals surface area contributed by atoms with Crippen LogP contribution >= 0.6 is 0 Å². The second-order valence-corrected chi connectivity index (χ2v) is 15.2. The molecule has 3 aromatic rings. The van der Waals surface area contributed by atoms with Crippen LogP contribution in [0.5, 0.6) is 0 Å². The number of fused-ring (bicyclic) bond motifs is 5. The first-order valence-corrected chi connectivity index (χ1v) is 19.9. The predicted octanol–water partition coefficient (Wildman–Crippen LogP) is 1.06. The first-order chi connectivity index (χ1) is 29.2. The third-order valence-electron chi connectivity index (χ3n) is 11.6. The minimum atomic E-state index is -1.92. The van der Waals surface area contributed by atoms with Crippen LogP contribution in [0.15, 0.2) is 38.2 Å². The average molecular weight is 864 g/mol. The van der Waals surface area contributed by atoms with Gasteiger partial charge in [0.05, 0.1) is 46.8 Å². The van der Waals surface area contributed by atoms with Crippen molar-refractivity contribution in [3.63, 3.8) is 0 Å². The summed E-state index contributed by atoms with van der Waals surface area (Å²) in [5.74, 6) is -3.87. The summed E-state index contributed by atoms with van der Waals surface area (Å²) >= 11 is 0. The summed E-state index contributed by atoms with van der Waals surface area (Å²) in [4.78, 5) is 110. The lowest BCUT2D eigenvalue weighted by Crippen LogP contribution is -2.44. The van der Waals surface area contributed by atoms with E-state index in [0.29, 0.717) is 13.0 Å². The van der Waals surface area contributed by atoms with E-state index in [-0.39, 0.29) is 138 Å². The number of pyridine rings is 3. The number of ketones is 2. The number of carbonyl (C=O) groups is 6. The van der Waals surface area contributed by atoms with E-state index in [4.69, 9.17) is 18.9 Å². The number of aromatic amines is 1. The number of allylic oxidation sites excluding steroid dienone is 1. The highest BCUT2D eigenvalue weighted by atomic mass is 16.6. The Bertz CT molecular complexity index is 2670. The first-order valence-electron chi connectivity index (χ1n) is 19.9. The molecule has 5 N–H and O–H groups in total. The average Bonchev–Trinajstić information content (AvgIpc) is 3.81. The quantitative estimate of drug-likeness (QED) is 0.164. The van der Waals surface area contributed by atoms with Crippen LogP contribution in [0.4, 0.5) is 0 Å². The fourth-order valence-corrected chi connectivity index (χ4v) is 7.80. The van der Waals surface area contributed by atoms with Gasteiger partial charge in [-0.25, -0.2) is 19.2 Å². The summed E-state index contributed by atoms with van der Waals surface area (Å²) < 4.78 is 22.2. The number of carbonyl (C=O) groups excluding carboxylic acids is 6. The summed E-state index contributed by atoms with van der Waals surface area (Å²) in [5.41, 5.74) is -5.57. The number of ether oxygens (including phenoxy) is 4. The van der Waals surface area contributed by atoms with Crippen LogP contribution in [0.3, 0.4) is 0 Å². The molecule has 0 radical (unpaired) electrons. The fraction of sp³-hybridized carbons (Fsp3) is 0.452. The number of aromatic nitrogens is 3. The zero-order valence-corrected chi connectivity index (χ0v) is 34.5. The number of H-pyrrole nitrogens is 1. The minimum Gasteiger partial charge on any atom is -0.505 e. The number of aliphatic hydroxyl groups excluding tert-OH is 1. The SMILES string of the molecule is CCCOC(=O)c1cc2c(c(=O)[nH]1)COC(=O)[C@]2(O)CC.CC[C@@]1(O)C(=O)OCc2c1cc1n(c2=O)CC(C(C)=O)=C1O.CC[C@@]1(O)C(=O)OCc2c1cc1n(c2=O)CCC1=O. The summed E-state index contributed by atoms with van der Waals surface area (Å²) in [7, 11) is 0. The van der Waals surface area contributed by atoms with Gasteiger partial charge in [-0.1, -0.05) is 27.7 Å². The molecule has 3 aromatic heterocycles. The molecule has 330 valence electrons. The van der Waals surface area contributed by atoms with Crippen molar-refractivity contribution in [3.05, 3.63) is 105 Å². The molecular weight excluding hydrogens is 818 g/mol. The van der Waals surface area contributed by atoms with Gasteiger partial charge in [0.25, 0.3) is 16.7 Å². The second kappa shape index (κ2) is 16.7. The zero-order chi connectivity index (χ0) is 45.6. The van der Waals surface area contributed by atoms with Crippen molar-refractivity contribution < 1.29 is 68.1 Å². The molecule has 0 spiro atoms. The largest absolute Gasteiger partial charge is 0.505 e. The molecule has 0 aromatic carbocycles. The van der Waals surface area contributed by atoms with Gasteiger partial charge in [0.1, 0.15) is 31.3 Å². The molecule has 0 fully saturated rings. The Kier molecular flexibility index (Phi) is 12.2. The maximum Gasteiger partial charge on any atom is 0.354 e. The normalized spacial score (nSPS) is 22.8. The van der Waals surface area contributed by atoms with Gasteiger partial charge < -0.3 is 53.5 Å². The van der Waals surface area contributed by atoms with Crippen molar-refractivity contribution >= 4 is 41.2 Å². The molecule has 62 heavy (non-hydrogen) atoms. The van der Waals surface area contributed by atoms with Crippen LogP contribution in [-0.2, 0) is 87.8 Å². The van der Waals surface area contributed by atoms with Crippen LogP contribution < -0.4 is 16.7 Å². The van der Waals surface area contributed by atoms with Gasteiger partial charge in [-0.15, -0.1) is 0 Å². The van der Waals surface area contributed by atoms with E-state index in [0.717, 1.165) is 0 Å². The smallest absolute Gasteiger partial charge is 0.354 e. The second-order valence-electron chi connectivity index (χ2n) is 15.2. The zero-order valence-electron chi connectivity index (χ0n) is 34.5. The topological polar surface area (TPSA) is 297 Å². The Hall–Kier alpha value is -6.51. The highest BCUT2D eigenvalue weighted by molar-refractivity contribution is 6.00. The highest BCUT2D eigenvalue weighted by Gasteiger charge is 2.47. The van der Waals surface area contributed by atoms with E-state index in [1.54, 1.807) is 20.8 Å².